The van der Waals surface area contributed by atoms with Gasteiger partial charge in [0, 0.05) is 13.0 Å². The predicted molar refractivity (Wildman–Crippen MR) is 49.7 cm³/mol. The van der Waals surface area contributed by atoms with Gasteiger partial charge in [-0.05, 0) is 25.7 Å². The summed E-state index contributed by atoms with van der Waals surface area (Å²) in [5.41, 5.74) is 0. The lowest BCUT2D eigenvalue weighted by Gasteiger charge is -2.24. The van der Waals surface area contributed by atoms with Gasteiger partial charge in [-0.15, -0.1) is 0 Å². The van der Waals surface area contributed by atoms with Crippen LogP contribution in [0, 0.1) is 23.2 Å². The van der Waals surface area contributed by atoms with E-state index >= 15 is 0 Å². The van der Waals surface area contributed by atoms with Crippen LogP contribution in [-0.2, 0) is 4.79 Å². The van der Waals surface area contributed by atoms with Crippen molar-refractivity contribution in [3.05, 3.63) is 0 Å². The van der Waals surface area contributed by atoms with Gasteiger partial charge in [0.05, 0.1) is 12.0 Å². The highest BCUT2D eigenvalue weighted by molar-refractivity contribution is 5.76. The summed E-state index contributed by atoms with van der Waals surface area (Å²) in [6.45, 7) is 2.30. The summed E-state index contributed by atoms with van der Waals surface area (Å²) in [5.74, 6) is 0.634. The van der Waals surface area contributed by atoms with Gasteiger partial charge < -0.3 is 5.32 Å². The standard InChI is InChI=1S/C10H16N2O/c1-8(6-11)7-12-10(13)5-9-3-2-4-9/h8-9H,2-5,7H2,1H3,(H,12,13). The van der Waals surface area contributed by atoms with Crippen molar-refractivity contribution in [1.29, 1.82) is 5.26 Å². The van der Waals surface area contributed by atoms with Gasteiger partial charge in [0.2, 0.25) is 5.91 Å². The zero-order valence-electron chi connectivity index (χ0n) is 8.05. The number of nitrogens with one attached hydrogen (secondary N) is 1. The van der Waals surface area contributed by atoms with Crippen molar-refractivity contribution in [3.8, 4) is 6.07 Å². The normalized spacial score (nSPS) is 18.5. The Morgan fingerprint density at radius 1 is 1.69 bits per heavy atom. The predicted octanol–water partition coefficient (Wildman–Crippen LogP) is 1.45. The van der Waals surface area contributed by atoms with Gasteiger partial charge >= 0.3 is 0 Å². The number of carbonyl (C=O) groups excluding carboxylic acids is 1. The quantitative estimate of drug-likeness (QED) is 0.712. The molecule has 3 heteroatoms. The summed E-state index contributed by atoms with van der Waals surface area (Å²) in [7, 11) is 0. The van der Waals surface area contributed by atoms with E-state index in [0.29, 0.717) is 18.9 Å². The van der Waals surface area contributed by atoms with Crippen molar-refractivity contribution < 1.29 is 4.79 Å². The molecular formula is C10H16N2O. The van der Waals surface area contributed by atoms with Crippen LogP contribution in [0.4, 0.5) is 0 Å². The van der Waals surface area contributed by atoms with Gasteiger partial charge in [0.1, 0.15) is 0 Å². The number of amides is 1. The average Bonchev–Trinajstić information content (AvgIpc) is 2.07. The molecule has 1 atom stereocenters. The Hall–Kier alpha value is -1.04. The van der Waals surface area contributed by atoms with Gasteiger partial charge in [-0.3, -0.25) is 4.79 Å². The van der Waals surface area contributed by atoms with Crippen LogP contribution in [0.1, 0.15) is 32.6 Å². The molecule has 1 aliphatic rings. The smallest absolute Gasteiger partial charge is 0.220 e. The van der Waals surface area contributed by atoms with Gasteiger partial charge in [0.25, 0.3) is 0 Å². The summed E-state index contributed by atoms with van der Waals surface area (Å²) in [5, 5.41) is 11.3. The van der Waals surface area contributed by atoms with Crippen LogP contribution < -0.4 is 5.32 Å². The van der Waals surface area contributed by atoms with E-state index in [4.69, 9.17) is 5.26 Å². The Labute approximate surface area is 79.1 Å². The Bertz CT molecular complexity index is 215. The molecule has 1 rings (SSSR count). The van der Waals surface area contributed by atoms with Crippen molar-refractivity contribution in [3.63, 3.8) is 0 Å². The van der Waals surface area contributed by atoms with Crippen LogP contribution in [0.25, 0.3) is 0 Å². The summed E-state index contributed by atoms with van der Waals surface area (Å²) in [6, 6.07) is 2.09. The van der Waals surface area contributed by atoms with Crippen LogP contribution >= 0.6 is 0 Å². The van der Waals surface area contributed by atoms with Crippen molar-refractivity contribution in [2.75, 3.05) is 6.54 Å². The lowest BCUT2D eigenvalue weighted by atomic mass is 9.83. The Morgan fingerprint density at radius 3 is 2.85 bits per heavy atom. The molecule has 1 amide bonds. The van der Waals surface area contributed by atoms with E-state index in [0.717, 1.165) is 0 Å². The molecule has 1 fully saturated rings. The Morgan fingerprint density at radius 2 is 2.38 bits per heavy atom. The highest BCUT2D eigenvalue weighted by Gasteiger charge is 2.20. The molecular weight excluding hydrogens is 164 g/mol. The second kappa shape index (κ2) is 4.86. The maximum atomic E-state index is 11.2. The molecule has 1 unspecified atom stereocenters. The molecule has 13 heavy (non-hydrogen) atoms. The third-order valence-electron chi connectivity index (χ3n) is 2.52. The number of rotatable bonds is 4. The molecule has 0 saturated heterocycles. The van der Waals surface area contributed by atoms with Crippen LogP contribution in [0.15, 0.2) is 0 Å². The van der Waals surface area contributed by atoms with E-state index in [9.17, 15) is 4.79 Å². The average molecular weight is 180 g/mol. The molecule has 0 aliphatic heterocycles. The van der Waals surface area contributed by atoms with Crippen LogP contribution in [0.3, 0.4) is 0 Å². The largest absolute Gasteiger partial charge is 0.355 e. The monoisotopic (exact) mass is 180 g/mol. The van der Waals surface area contributed by atoms with E-state index in [1.807, 2.05) is 6.92 Å². The summed E-state index contributed by atoms with van der Waals surface area (Å²) >= 11 is 0. The number of hydrogen-bond acceptors (Lipinski definition) is 2. The number of hydrogen-bond donors (Lipinski definition) is 1. The second-order valence-corrected chi connectivity index (χ2v) is 3.84. The molecule has 1 aliphatic carbocycles. The van der Waals surface area contributed by atoms with Gasteiger partial charge in [-0.2, -0.15) is 5.26 Å². The molecule has 0 aromatic heterocycles. The molecule has 0 bridgehead atoms. The van der Waals surface area contributed by atoms with Crippen LogP contribution in [0.5, 0.6) is 0 Å². The molecule has 1 saturated carbocycles. The van der Waals surface area contributed by atoms with Gasteiger partial charge in [-0.25, -0.2) is 0 Å². The first-order valence-electron chi connectivity index (χ1n) is 4.88. The van der Waals surface area contributed by atoms with Gasteiger partial charge in [-0.1, -0.05) is 6.42 Å². The van der Waals surface area contributed by atoms with Crippen molar-refractivity contribution >= 4 is 5.91 Å². The molecule has 1 N–H and O–H groups in total. The third kappa shape index (κ3) is 3.45. The molecule has 3 nitrogen and oxygen atoms in total. The zero-order chi connectivity index (χ0) is 9.68. The second-order valence-electron chi connectivity index (χ2n) is 3.84. The minimum atomic E-state index is -0.0784. The van der Waals surface area contributed by atoms with Crippen molar-refractivity contribution in [2.45, 2.75) is 32.6 Å². The van der Waals surface area contributed by atoms with Crippen molar-refractivity contribution in [1.82, 2.24) is 5.32 Å². The molecule has 0 spiro atoms. The molecule has 0 aromatic carbocycles. The van der Waals surface area contributed by atoms with E-state index in [1.165, 1.54) is 19.3 Å². The Balaban J connectivity index is 2.07. The Kier molecular flexibility index (Phi) is 3.75. The number of carbonyl (C=O) groups is 1. The van der Waals surface area contributed by atoms with Crippen molar-refractivity contribution in [2.24, 2.45) is 11.8 Å². The SMILES string of the molecule is CC(C#N)CNC(=O)CC1CCC1. The first-order valence-corrected chi connectivity index (χ1v) is 4.88. The molecule has 72 valence electrons. The topological polar surface area (TPSA) is 52.9 Å². The van der Waals surface area contributed by atoms with Crippen LogP contribution in [-0.4, -0.2) is 12.5 Å². The molecule has 0 aromatic rings. The fourth-order valence-corrected chi connectivity index (χ4v) is 1.34. The maximum Gasteiger partial charge on any atom is 0.220 e. The third-order valence-corrected chi connectivity index (χ3v) is 2.52. The molecule has 0 radical (unpaired) electrons. The summed E-state index contributed by atoms with van der Waals surface area (Å²) in [4.78, 5) is 11.2. The minimum Gasteiger partial charge on any atom is -0.355 e. The first kappa shape index (κ1) is 10.0. The lowest BCUT2D eigenvalue weighted by Crippen LogP contribution is -2.30. The molecule has 0 heterocycles. The van der Waals surface area contributed by atoms with E-state index in [-0.39, 0.29) is 11.8 Å². The van der Waals surface area contributed by atoms with Gasteiger partial charge in [0.15, 0.2) is 0 Å². The maximum absolute atomic E-state index is 11.2. The summed E-state index contributed by atoms with van der Waals surface area (Å²) in [6.07, 6.45) is 4.31. The van der Waals surface area contributed by atoms with Crippen LogP contribution in [0.2, 0.25) is 0 Å². The zero-order valence-corrected chi connectivity index (χ0v) is 8.05. The van der Waals surface area contributed by atoms with E-state index in [2.05, 4.69) is 11.4 Å². The lowest BCUT2D eigenvalue weighted by molar-refractivity contribution is -0.122. The highest BCUT2D eigenvalue weighted by atomic mass is 16.1. The fraction of sp³-hybridized carbons (Fsp3) is 0.800. The summed E-state index contributed by atoms with van der Waals surface area (Å²) < 4.78 is 0. The fourth-order valence-electron chi connectivity index (χ4n) is 1.34. The minimum absolute atomic E-state index is 0.0784. The number of nitrogens with zero attached hydrogens (tertiary/aromatic N) is 1. The van der Waals surface area contributed by atoms with E-state index in [1.54, 1.807) is 0 Å². The first-order chi connectivity index (χ1) is 6.22. The highest BCUT2D eigenvalue weighted by Crippen LogP contribution is 2.28. The van der Waals surface area contributed by atoms with E-state index < -0.39 is 0 Å². The number of nitriles is 1.